The van der Waals surface area contributed by atoms with Crippen LogP contribution in [0.15, 0.2) is 60.0 Å². The fourth-order valence-corrected chi connectivity index (χ4v) is 4.48. The van der Waals surface area contributed by atoms with Crippen LogP contribution in [0.4, 0.5) is 0 Å². The maximum Gasteiger partial charge on any atom is 0.230 e. The molecule has 178 valence electrons. The Morgan fingerprint density at radius 3 is 2.79 bits per heavy atom. The fourth-order valence-electron chi connectivity index (χ4n) is 3.68. The predicted octanol–water partition coefficient (Wildman–Crippen LogP) is 2.85. The number of thioether (sulfide) groups is 1. The quantitative estimate of drug-likeness (QED) is 0.352. The van der Waals surface area contributed by atoms with Crippen molar-refractivity contribution in [2.45, 2.75) is 37.4 Å². The van der Waals surface area contributed by atoms with Gasteiger partial charge in [0.25, 0.3) is 0 Å². The van der Waals surface area contributed by atoms with Gasteiger partial charge in [-0.05, 0) is 37.1 Å². The average Bonchev–Trinajstić information content (AvgIpc) is 3.16. The van der Waals surface area contributed by atoms with E-state index in [1.807, 2.05) is 51.9 Å². The number of nitrogens with zero attached hydrogens (tertiary/aromatic N) is 5. The normalized spacial score (nSPS) is 14.0. The minimum atomic E-state index is -0.119. The van der Waals surface area contributed by atoms with Gasteiger partial charge in [0.2, 0.25) is 11.8 Å². The maximum atomic E-state index is 12.5. The minimum absolute atomic E-state index is 0.119. The summed E-state index contributed by atoms with van der Waals surface area (Å²) in [6, 6.07) is 13.2. The van der Waals surface area contributed by atoms with E-state index in [2.05, 4.69) is 20.5 Å². The zero-order valence-corrected chi connectivity index (χ0v) is 19.7. The van der Waals surface area contributed by atoms with Gasteiger partial charge in [-0.15, -0.1) is 10.2 Å². The number of benzene rings is 1. The second-order valence-electron chi connectivity index (χ2n) is 7.87. The zero-order valence-electron chi connectivity index (χ0n) is 18.9. The van der Waals surface area contributed by atoms with Crippen molar-refractivity contribution in [1.82, 2.24) is 30.0 Å². The molecule has 1 fully saturated rings. The van der Waals surface area contributed by atoms with Crippen LogP contribution in [-0.2, 0) is 16.1 Å². The van der Waals surface area contributed by atoms with Crippen LogP contribution in [0.1, 0.15) is 31.5 Å². The molecule has 0 radical (unpaired) electrons. The lowest BCUT2D eigenvalue weighted by molar-refractivity contribution is -0.131. The first-order valence-electron chi connectivity index (χ1n) is 11.4. The van der Waals surface area contributed by atoms with Gasteiger partial charge in [-0.1, -0.05) is 36.4 Å². The first-order valence-corrected chi connectivity index (χ1v) is 12.4. The van der Waals surface area contributed by atoms with Gasteiger partial charge in [-0.2, -0.15) is 0 Å². The van der Waals surface area contributed by atoms with Crippen molar-refractivity contribution in [3.05, 3.63) is 60.7 Å². The van der Waals surface area contributed by atoms with Crippen molar-refractivity contribution in [3.8, 4) is 11.4 Å². The zero-order chi connectivity index (χ0) is 23.6. The Morgan fingerprint density at radius 2 is 1.97 bits per heavy atom. The van der Waals surface area contributed by atoms with Crippen molar-refractivity contribution >= 4 is 23.6 Å². The van der Waals surface area contributed by atoms with Crippen molar-refractivity contribution in [2.24, 2.45) is 0 Å². The molecule has 0 spiro atoms. The van der Waals surface area contributed by atoms with E-state index >= 15 is 0 Å². The highest BCUT2D eigenvalue weighted by molar-refractivity contribution is 7.99. The molecule has 0 aliphatic carbocycles. The van der Waals surface area contributed by atoms with Crippen molar-refractivity contribution < 1.29 is 14.3 Å². The molecule has 0 bridgehead atoms. The van der Waals surface area contributed by atoms with Gasteiger partial charge >= 0.3 is 0 Å². The Labute approximate surface area is 202 Å². The molecule has 1 saturated heterocycles. The van der Waals surface area contributed by atoms with Gasteiger partial charge in [0, 0.05) is 19.2 Å². The predicted molar refractivity (Wildman–Crippen MR) is 129 cm³/mol. The van der Waals surface area contributed by atoms with E-state index in [1.54, 1.807) is 12.4 Å². The second-order valence-corrected chi connectivity index (χ2v) is 8.81. The lowest BCUT2D eigenvalue weighted by Gasteiger charge is -2.20. The third-order valence-corrected chi connectivity index (χ3v) is 6.31. The summed E-state index contributed by atoms with van der Waals surface area (Å²) in [5, 5.41) is 12.1. The summed E-state index contributed by atoms with van der Waals surface area (Å²) in [4.78, 5) is 30.9. The van der Waals surface area contributed by atoms with E-state index in [9.17, 15) is 9.59 Å². The molecule has 1 aliphatic heterocycles. The van der Waals surface area contributed by atoms with E-state index in [4.69, 9.17) is 4.74 Å². The Kier molecular flexibility index (Phi) is 8.50. The van der Waals surface area contributed by atoms with Crippen LogP contribution in [-0.4, -0.2) is 61.9 Å². The summed E-state index contributed by atoms with van der Waals surface area (Å²) in [5.41, 5.74) is 0.795. The summed E-state index contributed by atoms with van der Waals surface area (Å²) < 4.78 is 7.48. The Balaban J connectivity index is 1.37. The molecule has 10 heteroatoms. The highest BCUT2D eigenvalue weighted by Crippen LogP contribution is 2.23. The summed E-state index contributed by atoms with van der Waals surface area (Å²) in [7, 11) is 0. The van der Waals surface area contributed by atoms with Gasteiger partial charge in [-0.3, -0.25) is 19.1 Å². The first kappa shape index (κ1) is 23.7. The maximum absolute atomic E-state index is 12.5. The highest BCUT2D eigenvalue weighted by Gasteiger charge is 2.22. The number of ether oxygens (including phenoxy) is 1. The highest BCUT2D eigenvalue weighted by atomic mass is 32.2. The van der Waals surface area contributed by atoms with Crippen LogP contribution >= 0.6 is 11.8 Å². The summed E-state index contributed by atoms with van der Waals surface area (Å²) in [6.45, 7) is 1.89. The molecule has 0 unspecified atom stereocenters. The monoisotopic (exact) mass is 480 g/mol. The number of hydrogen-bond donors (Lipinski definition) is 1. The van der Waals surface area contributed by atoms with Gasteiger partial charge < -0.3 is 15.0 Å². The first-order chi connectivity index (χ1) is 16.7. The van der Waals surface area contributed by atoms with Gasteiger partial charge in [-0.25, -0.2) is 0 Å². The van der Waals surface area contributed by atoms with Crippen molar-refractivity contribution in [1.29, 1.82) is 0 Å². The number of nitrogens with one attached hydrogen (secondary N) is 1. The van der Waals surface area contributed by atoms with Crippen LogP contribution in [0.25, 0.3) is 5.69 Å². The molecule has 0 saturated carbocycles. The Morgan fingerprint density at radius 1 is 1.09 bits per heavy atom. The van der Waals surface area contributed by atoms with Crippen LogP contribution in [0.5, 0.6) is 5.75 Å². The van der Waals surface area contributed by atoms with E-state index in [1.165, 1.54) is 11.8 Å². The second kappa shape index (κ2) is 12.2. The number of likely N-dealkylation sites (tertiary alicyclic amines) is 1. The molecule has 3 aromatic rings. The molecule has 2 amide bonds. The molecule has 9 nitrogen and oxygen atoms in total. The van der Waals surface area contributed by atoms with Gasteiger partial charge in [0.1, 0.15) is 12.4 Å². The minimum Gasteiger partial charge on any atom is -0.492 e. The van der Waals surface area contributed by atoms with E-state index in [0.717, 1.165) is 30.7 Å². The SMILES string of the molecule is O=C(CSc1nnc(CN2CCCCCC2=O)n1-c1cccnc1)NCCOc1ccccc1. The molecule has 3 heterocycles. The number of hydrogen-bond acceptors (Lipinski definition) is 7. The van der Waals surface area contributed by atoms with Crippen LogP contribution in [0.3, 0.4) is 0 Å². The van der Waals surface area contributed by atoms with Crippen LogP contribution in [0, 0.1) is 0 Å². The van der Waals surface area contributed by atoms with Gasteiger partial charge in [0.15, 0.2) is 11.0 Å². The Hall–Kier alpha value is -3.40. The standard InChI is InChI=1S/C24H28N6O3S/c31-22(26-13-15-33-20-9-3-1-4-10-20)18-34-24-28-27-21(30(24)19-8-7-12-25-16-19)17-29-14-6-2-5-11-23(29)32/h1,3-4,7-10,12,16H,2,5-6,11,13-15,17-18H2,(H,26,31). The lowest BCUT2D eigenvalue weighted by Crippen LogP contribution is -2.31. The number of aromatic nitrogens is 4. The molecule has 4 rings (SSSR count). The topological polar surface area (TPSA) is 102 Å². The summed E-state index contributed by atoms with van der Waals surface area (Å²) in [5.74, 6) is 1.64. The molecule has 1 aliphatic rings. The van der Waals surface area contributed by atoms with Gasteiger partial charge in [0.05, 0.1) is 30.7 Å². The number of carbonyl (C=O) groups is 2. The molecule has 1 N–H and O–H groups in total. The molecule has 2 aromatic heterocycles. The van der Waals surface area contributed by atoms with E-state index < -0.39 is 0 Å². The lowest BCUT2D eigenvalue weighted by atomic mass is 10.2. The number of carbonyl (C=O) groups excluding carboxylic acids is 2. The number of pyridine rings is 1. The molecule has 0 atom stereocenters. The molecule has 1 aromatic carbocycles. The van der Waals surface area contributed by atoms with Crippen LogP contribution in [0.2, 0.25) is 0 Å². The van der Waals surface area contributed by atoms with Crippen molar-refractivity contribution in [3.63, 3.8) is 0 Å². The fraction of sp³-hybridized carbons (Fsp3) is 0.375. The number of rotatable bonds is 10. The summed E-state index contributed by atoms with van der Waals surface area (Å²) in [6.07, 6.45) is 6.96. The third-order valence-electron chi connectivity index (χ3n) is 5.38. The van der Waals surface area contributed by atoms with E-state index in [-0.39, 0.29) is 17.6 Å². The molecular weight excluding hydrogens is 452 g/mol. The summed E-state index contributed by atoms with van der Waals surface area (Å²) >= 11 is 1.30. The molecular formula is C24H28N6O3S. The third kappa shape index (κ3) is 6.57. The number of amides is 2. The molecule has 34 heavy (non-hydrogen) atoms. The largest absolute Gasteiger partial charge is 0.492 e. The van der Waals surface area contributed by atoms with Crippen LogP contribution < -0.4 is 10.1 Å². The number of para-hydroxylation sites is 1. The smallest absolute Gasteiger partial charge is 0.230 e. The Bertz CT molecular complexity index is 1080. The average molecular weight is 481 g/mol. The van der Waals surface area contributed by atoms with Crippen molar-refractivity contribution in [2.75, 3.05) is 25.4 Å². The van der Waals surface area contributed by atoms with E-state index in [0.29, 0.717) is 43.6 Å².